The Bertz CT molecular complexity index is 405. The van der Waals surface area contributed by atoms with Crippen LogP contribution in [0.15, 0.2) is 0 Å². The molecule has 0 aromatic carbocycles. The number of amides is 2. The molecule has 114 valence electrons. The number of piperazine rings is 1. The van der Waals surface area contributed by atoms with Crippen molar-refractivity contribution >= 4 is 12.0 Å². The van der Waals surface area contributed by atoms with Crippen LogP contribution in [0, 0.1) is 0 Å². The van der Waals surface area contributed by atoms with E-state index in [9.17, 15) is 9.59 Å². The second kappa shape index (κ2) is 5.24. The van der Waals surface area contributed by atoms with Crippen molar-refractivity contribution in [1.29, 1.82) is 0 Å². The largest absolute Gasteiger partial charge is 0.444 e. The molecule has 2 aliphatic rings. The van der Waals surface area contributed by atoms with E-state index in [1.165, 1.54) is 0 Å². The molecule has 0 radical (unpaired) electrons. The molecule has 1 spiro atoms. The summed E-state index contributed by atoms with van der Waals surface area (Å²) in [4.78, 5) is 28.2. The highest BCUT2D eigenvalue weighted by molar-refractivity contribution is 5.88. The smallest absolute Gasteiger partial charge is 0.410 e. The van der Waals surface area contributed by atoms with Gasteiger partial charge in [0.2, 0.25) is 5.91 Å². The van der Waals surface area contributed by atoms with Gasteiger partial charge in [-0.1, -0.05) is 0 Å². The fourth-order valence-electron chi connectivity index (χ4n) is 2.90. The summed E-state index contributed by atoms with van der Waals surface area (Å²) in [6.45, 7) is 8.09. The summed E-state index contributed by atoms with van der Waals surface area (Å²) in [5, 5.41) is 2.92. The Labute approximate surface area is 120 Å². The fraction of sp³-hybridized carbons (Fsp3) is 0.857. The number of likely N-dealkylation sites (tertiary alicyclic amines) is 1. The van der Waals surface area contributed by atoms with Crippen molar-refractivity contribution < 1.29 is 14.3 Å². The van der Waals surface area contributed by atoms with E-state index in [-0.39, 0.29) is 12.0 Å². The Morgan fingerprint density at radius 2 is 2.05 bits per heavy atom. The molecule has 2 saturated heterocycles. The standard InChI is InChI=1S/C14H25N3O3/c1-13(2,3)20-12(19)17-8-5-6-14(10-17)11(18)15-7-9-16(14)4/h5-10H2,1-4H3,(H,15,18). The van der Waals surface area contributed by atoms with Gasteiger partial charge in [0.1, 0.15) is 11.1 Å². The zero-order valence-electron chi connectivity index (χ0n) is 12.9. The van der Waals surface area contributed by atoms with E-state index in [2.05, 4.69) is 10.2 Å². The Hall–Kier alpha value is -1.30. The van der Waals surface area contributed by atoms with Crippen LogP contribution in [0.4, 0.5) is 4.79 Å². The molecule has 6 nitrogen and oxygen atoms in total. The number of likely N-dealkylation sites (N-methyl/N-ethyl adjacent to an activating group) is 1. The molecule has 1 atom stereocenters. The van der Waals surface area contributed by atoms with Gasteiger partial charge in [-0.25, -0.2) is 4.79 Å². The highest BCUT2D eigenvalue weighted by atomic mass is 16.6. The van der Waals surface area contributed by atoms with Crippen LogP contribution >= 0.6 is 0 Å². The molecule has 2 aliphatic heterocycles. The number of nitrogens with zero attached hydrogens (tertiary/aromatic N) is 2. The monoisotopic (exact) mass is 283 g/mol. The van der Waals surface area contributed by atoms with E-state index >= 15 is 0 Å². The van der Waals surface area contributed by atoms with E-state index in [4.69, 9.17) is 4.74 Å². The van der Waals surface area contributed by atoms with Crippen LogP contribution in [0.1, 0.15) is 33.6 Å². The summed E-state index contributed by atoms with van der Waals surface area (Å²) in [6.07, 6.45) is 1.27. The molecule has 1 N–H and O–H groups in total. The topological polar surface area (TPSA) is 61.9 Å². The van der Waals surface area contributed by atoms with Crippen LogP contribution in [-0.2, 0) is 9.53 Å². The third-order valence-corrected chi connectivity index (χ3v) is 4.01. The minimum Gasteiger partial charge on any atom is -0.444 e. The second-order valence-corrected chi connectivity index (χ2v) is 6.71. The molecule has 2 fully saturated rings. The minimum atomic E-state index is -0.590. The van der Waals surface area contributed by atoms with E-state index in [1.807, 2.05) is 27.8 Å². The molecule has 0 aromatic heterocycles. The lowest BCUT2D eigenvalue weighted by Gasteiger charge is -2.49. The van der Waals surface area contributed by atoms with E-state index in [0.717, 1.165) is 19.4 Å². The van der Waals surface area contributed by atoms with Crippen molar-refractivity contribution in [3.05, 3.63) is 0 Å². The highest BCUT2D eigenvalue weighted by Gasteiger charge is 2.48. The van der Waals surface area contributed by atoms with Gasteiger partial charge in [-0.3, -0.25) is 9.69 Å². The number of ether oxygens (including phenoxy) is 1. The van der Waals surface area contributed by atoms with Crippen molar-refractivity contribution in [3.8, 4) is 0 Å². The molecule has 0 aliphatic carbocycles. The van der Waals surface area contributed by atoms with Gasteiger partial charge in [-0.15, -0.1) is 0 Å². The Morgan fingerprint density at radius 3 is 2.65 bits per heavy atom. The van der Waals surface area contributed by atoms with Crippen LogP contribution in [0.3, 0.4) is 0 Å². The van der Waals surface area contributed by atoms with Crippen LogP contribution in [0.2, 0.25) is 0 Å². The van der Waals surface area contributed by atoms with Gasteiger partial charge in [-0.2, -0.15) is 0 Å². The number of rotatable bonds is 0. The van der Waals surface area contributed by atoms with Crippen LogP contribution in [0.5, 0.6) is 0 Å². The number of hydrogen-bond acceptors (Lipinski definition) is 4. The van der Waals surface area contributed by atoms with Gasteiger partial charge in [-0.05, 0) is 40.7 Å². The fourth-order valence-corrected chi connectivity index (χ4v) is 2.90. The van der Waals surface area contributed by atoms with Crippen LogP contribution in [0.25, 0.3) is 0 Å². The second-order valence-electron chi connectivity index (χ2n) is 6.71. The van der Waals surface area contributed by atoms with E-state index in [1.54, 1.807) is 4.90 Å². The summed E-state index contributed by atoms with van der Waals surface area (Å²) in [6, 6.07) is 0. The van der Waals surface area contributed by atoms with E-state index < -0.39 is 11.1 Å². The van der Waals surface area contributed by atoms with Crippen LogP contribution in [-0.4, -0.2) is 66.2 Å². The number of piperidine rings is 1. The predicted molar refractivity (Wildman–Crippen MR) is 75.4 cm³/mol. The molecule has 2 heterocycles. The van der Waals surface area contributed by atoms with Gasteiger partial charge in [0.05, 0.1) is 6.54 Å². The maximum Gasteiger partial charge on any atom is 0.410 e. The van der Waals surface area contributed by atoms with Crippen molar-refractivity contribution in [2.75, 3.05) is 33.2 Å². The summed E-state index contributed by atoms with van der Waals surface area (Å²) >= 11 is 0. The lowest BCUT2D eigenvalue weighted by Crippen LogP contribution is -2.69. The average molecular weight is 283 g/mol. The normalized spacial score (nSPS) is 28.4. The maximum absolute atomic E-state index is 12.3. The first-order valence-corrected chi connectivity index (χ1v) is 7.22. The molecule has 0 saturated carbocycles. The molecule has 6 heteroatoms. The number of nitrogens with one attached hydrogen (secondary N) is 1. The van der Waals surface area contributed by atoms with E-state index in [0.29, 0.717) is 19.6 Å². The highest BCUT2D eigenvalue weighted by Crippen LogP contribution is 2.29. The van der Waals surface area contributed by atoms with Gasteiger partial charge < -0.3 is 15.0 Å². The summed E-state index contributed by atoms with van der Waals surface area (Å²) < 4.78 is 5.42. The summed E-state index contributed by atoms with van der Waals surface area (Å²) in [5.74, 6) is 0.0273. The SMILES string of the molecule is CN1CCNC(=O)C12CCCN(C(=O)OC(C)(C)C)C2. The summed E-state index contributed by atoms with van der Waals surface area (Å²) in [5.41, 5.74) is -1.10. The third-order valence-electron chi connectivity index (χ3n) is 4.01. The molecule has 1 unspecified atom stereocenters. The van der Waals surface area contributed by atoms with Gasteiger partial charge in [0.25, 0.3) is 0 Å². The molecular formula is C14H25N3O3. The lowest BCUT2D eigenvalue weighted by atomic mass is 9.85. The number of carbonyl (C=O) groups excluding carboxylic acids is 2. The van der Waals surface area contributed by atoms with Crippen molar-refractivity contribution in [1.82, 2.24) is 15.1 Å². The lowest BCUT2D eigenvalue weighted by molar-refractivity contribution is -0.140. The van der Waals surface area contributed by atoms with Gasteiger partial charge in [0, 0.05) is 19.6 Å². The Balaban J connectivity index is 2.11. The van der Waals surface area contributed by atoms with Crippen molar-refractivity contribution in [3.63, 3.8) is 0 Å². The van der Waals surface area contributed by atoms with Crippen molar-refractivity contribution in [2.24, 2.45) is 0 Å². The number of carbonyl (C=O) groups is 2. The van der Waals surface area contributed by atoms with Gasteiger partial charge >= 0.3 is 6.09 Å². The van der Waals surface area contributed by atoms with Crippen molar-refractivity contribution in [2.45, 2.75) is 44.8 Å². The molecular weight excluding hydrogens is 258 g/mol. The average Bonchev–Trinajstić information content (AvgIpc) is 2.34. The van der Waals surface area contributed by atoms with Crippen LogP contribution < -0.4 is 5.32 Å². The molecule has 0 bridgehead atoms. The number of hydrogen-bond donors (Lipinski definition) is 1. The zero-order chi connectivity index (χ0) is 15.0. The Morgan fingerprint density at radius 1 is 1.35 bits per heavy atom. The minimum absolute atomic E-state index is 0.0273. The molecule has 20 heavy (non-hydrogen) atoms. The maximum atomic E-state index is 12.3. The first kappa shape index (κ1) is 15.1. The zero-order valence-corrected chi connectivity index (χ0v) is 12.9. The molecule has 0 aromatic rings. The summed E-state index contributed by atoms with van der Waals surface area (Å²) in [7, 11) is 1.96. The molecule has 2 amide bonds. The molecule has 2 rings (SSSR count). The van der Waals surface area contributed by atoms with Gasteiger partial charge in [0.15, 0.2) is 0 Å². The first-order chi connectivity index (χ1) is 9.24. The Kier molecular flexibility index (Phi) is 3.95. The quantitative estimate of drug-likeness (QED) is 0.715. The predicted octanol–water partition coefficient (Wildman–Crippen LogP) is 0.818. The third kappa shape index (κ3) is 2.90. The first-order valence-electron chi connectivity index (χ1n) is 7.22.